The van der Waals surface area contributed by atoms with Crippen LogP contribution in [-0.4, -0.2) is 19.3 Å². The number of furan rings is 1. The molecule has 0 bridgehead atoms. The number of hydrogen-bond acceptors (Lipinski definition) is 4. The quantitative estimate of drug-likeness (QED) is 0.758. The summed E-state index contributed by atoms with van der Waals surface area (Å²) in [5, 5.41) is 4.35. The number of nitrogens with two attached hydrogens (primary N) is 1. The molecule has 0 aliphatic heterocycles. The molecule has 3 rings (SSSR count). The lowest BCUT2D eigenvalue weighted by Crippen LogP contribution is -2.08. The van der Waals surface area contributed by atoms with Gasteiger partial charge in [-0.15, -0.1) is 0 Å². The standard InChI is InChI=1S/C12H15N5O/c1-8-10-11(16(2)15-8)17(12(13)14-10)6-5-9-4-3-7-18-9/h3-4,7H,5-6H2,1-2H3,(H2,13,14). The highest BCUT2D eigenvalue weighted by Crippen LogP contribution is 2.20. The first-order valence-corrected chi connectivity index (χ1v) is 5.84. The molecule has 0 aliphatic rings. The first kappa shape index (κ1) is 10.9. The monoisotopic (exact) mass is 245 g/mol. The summed E-state index contributed by atoms with van der Waals surface area (Å²) in [7, 11) is 1.90. The molecule has 3 heterocycles. The summed E-state index contributed by atoms with van der Waals surface area (Å²) in [6, 6.07) is 3.84. The number of nitrogens with zero attached hydrogens (tertiary/aromatic N) is 4. The summed E-state index contributed by atoms with van der Waals surface area (Å²) in [6.45, 7) is 2.67. The maximum absolute atomic E-state index is 5.96. The summed E-state index contributed by atoms with van der Waals surface area (Å²) in [5.74, 6) is 1.46. The van der Waals surface area contributed by atoms with Crippen LogP contribution in [0.3, 0.4) is 0 Å². The Bertz CT molecular complexity index is 677. The van der Waals surface area contributed by atoms with E-state index < -0.39 is 0 Å². The fourth-order valence-electron chi connectivity index (χ4n) is 2.25. The van der Waals surface area contributed by atoms with Crippen molar-refractivity contribution in [3.8, 4) is 0 Å². The molecule has 6 nitrogen and oxygen atoms in total. The number of rotatable bonds is 3. The van der Waals surface area contributed by atoms with Crippen LogP contribution < -0.4 is 5.73 Å². The van der Waals surface area contributed by atoms with Crippen molar-refractivity contribution < 1.29 is 4.42 Å². The van der Waals surface area contributed by atoms with Crippen molar-refractivity contribution in [2.45, 2.75) is 19.9 Å². The molecule has 0 atom stereocenters. The van der Waals surface area contributed by atoms with E-state index in [1.165, 1.54) is 0 Å². The van der Waals surface area contributed by atoms with Gasteiger partial charge in [0, 0.05) is 20.0 Å². The third kappa shape index (κ3) is 1.57. The predicted octanol–water partition coefficient (Wildman–Crippen LogP) is 1.50. The Labute approximate surface area is 104 Å². The molecule has 94 valence electrons. The van der Waals surface area contributed by atoms with Crippen molar-refractivity contribution in [2.75, 3.05) is 5.73 Å². The van der Waals surface area contributed by atoms with Gasteiger partial charge in [-0.05, 0) is 19.1 Å². The molecule has 2 N–H and O–H groups in total. The van der Waals surface area contributed by atoms with Gasteiger partial charge in [-0.1, -0.05) is 0 Å². The van der Waals surface area contributed by atoms with Gasteiger partial charge in [-0.2, -0.15) is 5.10 Å². The average Bonchev–Trinajstić information content (AvgIpc) is 2.98. The van der Waals surface area contributed by atoms with E-state index in [9.17, 15) is 0 Å². The zero-order chi connectivity index (χ0) is 12.7. The molecule has 0 amide bonds. The van der Waals surface area contributed by atoms with E-state index in [1.807, 2.05) is 35.4 Å². The van der Waals surface area contributed by atoms with Gasteiger partial charge < -0.3 is 10.2 Å². The largest absolute Gasteiger partial charge is 0.469 e. The Hall–Kier alpha value is -2.24. The maximum Gasteiger partial charge on any atom is 0.202 e. The zero-order valence-electron chi connectivity index (χ0n) is 10.4. The van der Waals surface area contributed by atoms with Gasteiger partial charge in [0.25, 0.3) is 0 Å². The highest BCUT2D eigenvalue weighted by atomic mass is 16.3. The summed E-state index contributed by atoms with van der Waals surface area (Å²) < 4.78 is 9.11. The molecule has 0 unspecified atom stereocenters. The van der Waals surface area contributed by atoms with Gasteiger partial charge >= 0.3 is 0 Å². The lowest BCUT2D eigenvalue weighted by Gasteiger charge is -2.05. The topological polar surface area (TPSA) is 74.8 Å². The second-order valence-corrected chi connectivity index (χ2v) is 4.33. The maximum atomic E-state index is 5.96. The number of hydrogen-bond donors (Lipinski definition) is 1. The molecule has 0 fully saturated rings. The fraction of sp³-hybridized carbons (Fsp3) is 0.333. The van der Waals surface area contributed by atoms with Crippen LogP contribution in [0.2, 0.25) is 0 Å². The highest BCUT2D eigenvalue weighted by molar-refractivity contribution is 5.77. The van der Waals surface area contributed by atoms with Gasteiger partial charge in [0.1, 0.15) is 11.3 Å². The lowest BCUT2D eigenvalue weighted by molar-refractivity contribution is 0.492. The van der Waals surface area contributed by atoms with Crippen molar-refractivity contribution in [3.05, 3.63) is 29.9 Å². The molecule has 6 heteroatoms. The normalized spacial score (nSPS) is 11.4. The van der Waals surface area contributed by atoms with Crippen LogP contribution in [-0.2, 0) is 20.0 Å². The first-order valence-electron chi connectivity index (χ1n) is 5.84. The second kappa shape index (κ2) is 3.90. The van der Waals surface area contributed by atoms with E-state index in [-0.39, 0.29) is 0 Å². The van der Waals surface area contributed by atoms with Crippen molar-refractivity contribution >= 4 is 17.1 Å². The predicted molar refractivity (Wildman–Crippen MR) is 68.1 cm³/mol. The van der Waals surface area contributed by atoms with E-state index in [4.69, 9.17) is 10.2 Å². The number of imidazole rings is 1. The molecule has 3 aromatic rings. The molecule has 0 saturated heterocycles. The van der Waals surface area contributed by atoms with Gasteiger partial charge in [0.05, 0.1) is 12.0 Å². The molecule has 0 aromatic carbocycles. The van der Waals surface area contributed by atoms with Crippen molar-refractivity contribution in [3.63, 3.8) is 0 Å². The number of anilines is 1. The van der Waals surface area contributed by atoms with Crippen LogP contribution in [0.1, 0.15) is 11.5 Å². The molecule has 0 radical (unpaired) electrons. The Balaban J connectivity index is 1.98. The average molecular weight is 245 g/mol. The number of aromatic nitrogens is 4. The van der Waals surface area contributed by atoms with Crippen LogP contribution in [0.5, 0.6) is 0 Å². The van der Waals surface area contributed by atoms with E-state index in [0.717, 1.165) is 35.6 Å². The summed E-state index contributed by atoms with van der Waals surface area (Å²) >= 11 is 0. The molecule has 3 aromatic heterocycles. The van der Waals surface area contributed by atoms with Crippen molar-refractivity contribution in [2.24, 2.45) is 7.05 Å². The zero-order valence-corrected chi connectivity index (χ0v) is 10.4. The minimum Gasteiger partial charge on any atom is -0.469 e. The van der Waals surface area contributed by atoms with Crippen LogP contribution in [0.15, 0.2) is 22.8 Å². The van der Waals surface area contributed by atoms with E-state index in [0.29, 0.717) is 5.95 Å². The SMILES string of the molecule is Cc1nn(C)c2c1nc(N)n2CCc1ccco1. The Kier molecular flexibility index (Phi) is 2.36. The van der Waals surface area contributed by atoms with Crippen LogP contribution >= 0.6 is 0 Å². The highest BCUT2D eigenvalue weighted by Gasteiger charge is 2.15. The van der Waals surface area contributed by atoms with E-state index in [2.05, 4.69) is 10.1 Å². The third-order valence-electron chi connectivity index (χ3n) is 3.08. The minimum atomic E-state index is 0.521. The minimum absolute atomic E-state index is 0.521. The van der Waals surface area contributed by atoms with Gasteiger partial charge in [0.15, 0.2) is 5.65 Å². The number of fused-ring (bicyclic) bond motifs is 1. The first-order chi connectivity index (χ1) is 8.66. The van der Waals surface area contributed by atoms with Crippen molar-refractivity contribution in [1.29, 1.82) is 0 Å². The molecule has 18 heavy (non-hydrogen) atoms. The van der Waals surface area contributed by atoms with Gasteiger partial charge in [-0.25, -0.2) is 4.98 Å². The molecular formula is C12H15N5O. The van der Waals surface area contributed by atoms with Crippen LogP contribution in [0.25, 0.3) is 11.2 Å². The summed E-state index contributed by atoms with van der Waals surface area (Å²) in [5.41, 5.74) is 8.68. The van der Waals surface area contributed by atoms with Crippen LogP contribution in [0.4, 0.5) is 5.95 Å². The van der Waals surface area contributed by atoms with Crippen LogP contribution in [0, 0.1) is 6.92 Å². The molecular weight excluding hydrogens is 230 g/mol. The molecule has 0 saturated carbocycles. The third-order valence-corrected chi connectivity index (χ3v) is 3.08. The Morgan fingerprint density at radius 3 is 3.00 bits per heavy atom. The van der Waals surface area contributed by atoms with E-state index in [1.54, 1.807) is 6.26 Å². The fourth-order valence-corrected chi connectivity index (χ4v) is 2.25. The summed E-state index contributed by atoms with van der Waals surface area (Å²) in [6.07, 6.45) is 2.46. The Morgan fingerprint density at radius 2 is 2.28 bits per heavy atom. The van der Waals surface area contributed by atoms with Gasteiger partial charge in [-0.3, -0.25) is 9.25 Å². The molecule has 0 spiro atoms. The second-order valence-electron chi connectivity index (χ2n) is 4.33. The van der Waals surface area contributed by atoms with Gasteiger partial charge in [0.2, 0.25) is 5.95 Å². The summed E-state index contributed by atoms with van der Waals surface area (Å²) in [4.78, 5) is 4.36. The number of aryl methyl sites for hydroxylation is 4. The van der Waals surface area contributed by atoms with Crippen molar-refractivity contribution in [1.82, 2.24) is 19.3 Å². The Morgan fingerprint density at radius 1 is 1.44 bits per heavy atom. The van der Waals surface area contributed by atoms with E-state index >= 15 is 0 Å². The lowest BCUT2D eigenvalue weighted by atomic mass is 10.3. The molecule has 0 aliphatic carbocycles. The number of nitrogen functional groups attached to an aromatic ring is 1. The smallest absolute Gasteiger partial charge is 0.202 e.